The van der Waals surface area contributed by atoms with Gasteiger partial charge in [0.1, 0.15) is 18.2 Å². The summed E-state index contributed by atoms with van der Waals surface area (Å²) in [6, 6.07) is 17.4. The lowest BCUT2D eigenvalue weighted by Crippen LogP contribution is -2.44. The SMILES string of the molecule is Cc1ccc2c(oc3c(C4C5CC6CC(C5)CC4C6)c(C#N)ccc32)c1-c1cccc[n+]1C. The van der Waals surface area contributed by atoms with Crippen LogP contribution in [0.2, 0.25) is 0 Å². The molecule has 3 nitrogen and oxygen atoms in total. The van der Waals surface area contributed by atoms with E-state index in [4.69, 9.17) is 4.42 Å². The summed E-state index contributed by atoms with van der Waals surface area (Å²) in [6.45, 7) is 2.16. The van der Waals surface area contributed by atoms with Crippen LogP contribution in [0.15, 0.2) is 53.1 Å². The third-order valence-electron chi connectivity index (χ3n) is 9.05. The molecule has 3 heteroatoms. The second kappa shape index (κ2) is 6.94. The molecule has 33 heavy (non-hydrogen) atoms. The van der Waals surface area contributed by atoms with Crippen molar-refractivity contribution in [1.29, 1.82) is 5.26 Å². The minimum Gasteiger partial charge on any atom is -0.455 e. The molecule has 0 unspecified atom stereocenters. The van der Waals surface area contributed by atoms with Gasteiger partial charge in [-0.1, -0.05) is 12.1 Å². The second-order valence-electron chi connectivity index (χ2n) is 10.9. The Bertz CT molecular complexity index is 1440. The molecule has 0 amide bonds. The number of nitriles is 1. The summed E-state index contributed by atoms with van der Waals surface area (Å²) in [5.41, 5.74) is 7.46. The van der Waals surface area contributed by atoms with Gasteiger partial charge in [-0.25, -0.2) is 4.57 Å². The molecular weight excluding hydrogens is 404 g/mol. The van der Waals surface area contributed by atoms with Crippen molar-refractivity contribution < 1.29 is 8.98 Å². The zero-order valence-electron chi connectivity index (χ0n) is 19.3. The molecule has 164 valence electrons. The van der Waals surface area contributed by atoms with E-state index in [0.717, 1.165) is 50.6 Å². The first kappa shape index (κ1) is 19.4. The van der Waals surface area contributed by atoms with Crippen molar-refractivity contribution in [2.24, 2.45) is 30.7 Å². The monoisotopic (exact) mass is 433 g/mol. The van der Waals surface area contributed by atoms with Crippen molar-refractivity contribution in [3.63, 3.8) is 0 Å². The van der Waals surface area contributed by atoms with E-state index >= 15 is 0 Å². The van der Waals surface area contributed by atoms with Gasteiger partial charge in [0.05, 0.1) is 17.2 Å². The Hall–Kier alpha value is -3.12. The van der Waals surface area contributed by atoms with Gasteiger partial charge < -0.3 is 4.42 Å². The van der Waals surface area contributed by atoms with E-state index in [1.54, 1.807) is 0 Å². The lowest BCUT2D eigenvalue weighted by molar-refractivity contribution is -0.660. The highest BCUT2D eigenvalue weighted by Gasteiger charge is 2.50. The first-order valence-corrected chi connectivity index (χ1v) is 12.5. The lowest BCUT2D eigenvalue weighted by Gasteiger charge is -2.54. The predicted octanol–water partition coefficient (Wildman–Crippen LogP) is 6.80. The summed E-state index contributed by atoms with van der Waals surface area (Å²) < 4.78 is 9.00. The fourth-order valence-electron chi connectivity index (χ4n) is 7.95. The van der Waals surface area contributed by atoms with Crippen LogP contribution >= 0.6 is 0 Å². The number of aromatic nitrogens is 1. The Morgan fingerprint density at radius 3 is 2.27 bits per heavy atom. The van der Waals surface area contributed by atoms with Gasteiger partial charge in [0.2, 0.25) is 5.69 Å². The highest BCUT2D eigenvalue weighted by atomic mass is 16.3. The maximum atomic E-state index is 10.1. The van der Waals surface area contributed by atoms with Gasteiger partial charge in [0, 0.05) is 28.5 Å². The van der Waals surface area contributed by atoms with Crippen LogP contribution in [0, 0.1) is 41.9 Å². The molecule has 0 spiro atoms. The Labute approximate surface area is 194 Å². The molecule has 4 saturated carbocycles. The summed E-state index contributed by atoms with van der Waals surface area (Å²) in [7, 11) is 2.09. The number of nitrogens with zero attached hydrogens (tertiary/aromatic N) is 2. The molecule has 0 saturated heterocycles. The van der Waals surface area contributed by atoms with E-state index in [0.29, 0.717) is 17.8 Å². The maximum absolute atomic E-state index is 10.1. The van der Waals surface area contributed by atoms with E-state index < -0.39 is 0 Å². The third-order valence-corrected chi connectivity index (χ3v) is 9.05. The number of aryl methyl sites for hydroxylation is 2. The number of pyridine rings is 1. The summed E-state index contributed by atoms with van der Waals surface area (Å²) in [4.78, 5) is 0. The van der Waals surface area contributed by atoms with Crippen LogP contribution in [0.4, 0.5) is 0 Å². The molecule has 0 radical (unpaired) electrons. The van der Waals surface area contributed by atoms with Crippen LogP contribution < -0.4 is 4.57 Å². The highest BCUT2D eigenvalue weighted by molar-refractivity contribution is 6.11. The first-order chi connectivity index (χ1) is 16.1. The van der Waals surface area contributed by atoms with Crippen molar-refractivity contribution in [3.8, 4) is 17.3 Å². The van der Waals surface area contributed by atoms with Crippen LogP contribution in [0.3, 0.4) is 0 Å². The number of fused-ring (bicyclic) bond motifs is 3. The van der Waals surface area contributed by atoms with Crippen LogP contribution in [0.1, 0.15) is 54.7 Å². The van der Waals surface area contributed by atoms with Crippen molar-refractivity contribution in [2.45, 2.75) is 44.9 Å². The van der Waals surface area contributed by atoms with Crippen molar-refractivity contribution in [3.05, 3.63) is 65.4 Å². The molecule has 0 N–H and O–H groups in total. The minimum atomic E-state index is 0.467. The smallest absolute Gasteiger partial charge is 0.216 e. The van der Waals surface area contributed by atoms with E-state index in [9.17, 15) is 5.26 Å². The number of rotatable bonds is 2. The molecule has 4 aliphatic carbocycles. The minimum absolute atomic E-state index is 0.467. The Morgan fingerprint density at radius 2 is 1.58 bits per heavy atom. The maximum Gasteiger partial charge on any atom is 0.216 e. The van der Waals surface area contributed by atoms with Gasteiger partial charge in [0.25, 0.3) is 0 Å². The van der Waals surface area contributed by atoms with E-state index in [1.807, 2.05) is 0 Å². The fraction of sp³-hybridized carbons (Fsp3) is 0.400. The van der Waals surface area contributed by atoms with Crippen LogP contribution in [-0.2, 0) is 7.05 Å². The van der Waals surface area contributed by atoms with Crippen molar-refractivity contribution in [2.75, 3.05) is 0 Å². The summed E-state index contributed by atoms with van der Waals surface area (Å²) >= 11 is 0. The summed E-state index contributed by atoms with van der Waals surface area (Å²) in [5.74, 6) is 3.71. The molecule has 4 aromatic rings. The van der Waals surface area contributed by atoms with Gasteiger partial charge in [0.15, 0.2) is 6.20 Å². The van der Waals surface area contributed by atoms with Gasteiger partial charge in [-0.15, -0.1) is 0 Å². The normalized spacial score (nSPS) is 28.0. The number of hydrogen-bond donors (Lipinski definition) is 0. The molecule has 2 heterocycles. The van der Waals surface area contributed by atoms with E-state index in [2.05, 4.69) is 73.3 Å². The molecule has 8 rings (SSSR count). The topological polar surface area (TPSA) is 40.8 Å². The zero-order chi connectivity index (χ0) is 22.3. The number of benzene rings is 2. The quantitative estimate of drug-likeness (QED) is 0.326. The Balaban J connectivity index is 1.51. The molecule has 0 aliphatic heterocycles. The lowest BCUT2D eigenvalue weighted by atomic mass is 9.50. The van der Waals surface area contributed by atoms with E-state index in [1.165, 1.54) is 43.2 Å². The second-order valence-corrected chi connectivity index (χ2v) is 10.9. The van der Waals surface area contributed by atoms with Gasteiger partial charge in [-0.05, 0) is 92.4 Å². The highest BCUT2D eigenvalue weighted by Crippen LogP contribution is 2.61. The first-order valence-electron chi connectivity index (χ1n) is 12.5. The van der Waals surface area contributed by atoms with Crippen LogP contribution in [0.5, 0.6) is 0 Å². The zero-order valence-corrected chi connectivity index (χ0v) is 19.3. The molecule has 0 atom stereocenters. The Morgan fingerprint density at radius 1 is 0.879 bits per heavy atom. The molecular formula is C30H29N2O+. The van der Waals surface area contributed by atoms with Gasteiger partial charge >= 0.3 is 0 Å². The fourth-order valence-corrected chi connectivity index (χ4v) is 7.95. The van der Waals surface area contributed by atoms with E-state index in [-0.39, 0.29) is 0 Å². The molecule has 4 aliphatic rings. The average Bonchev–Trinajstić information content (AvgIpc) is 3.18. The largest absolute Gasteiger partial charge is 0.455 e. The van der Waals surface area contributed by atoms with Crippen LogP contribution in [-0.4, -0.2) is 0 Å². The average molecular weight is 434 g/mol. The number of furan rings is 1. The summed E-state index contributed by atoms with van der Waals surface area (Å²) in [5, 5.41) is 12.4. The van der Waals surface area contributed by atoms with Gasteiger partial charge in [-0.3, -0.25) is 0 Å². The molecule has 4 bridgehead atoms. The molecule has 2 aromatic carbocycles. The van der Waals surface area contributed by atoms with Gasteiger partial charge in [-0.2, -0.15) is 5.26 Å². The number of hydrogen-bond acceptors (Lipinski definition) is 2. The third kappa shape index (κ3) is 2.70. The molecule has 4 fully saturated rings. The summed E-state index contributed by atoms with van der Waals surface area (Å²) in [6.07, 6.45) is 8.87. The Kier molecular flexibility index (Phi) is 4.07. The standard InChI is InChI=1S/C30H29N2O/c1-17-6-8-23-24-9-7-20(16-31)28(27-21-12-18-11-19(14-21)15-22(27)13-18)30(24)33-29(23)26(17)25-5-3-4-10-32(25)2/h3-10,18-19,21-22,27H,11-15H2,1-2H3/q+1. The van der Waals surface area contributed by atoms with Crippen molar-refractivity contribution in [1.82, 2.24) is 0 Å². The molecule has 2 aromatic heterocycles. The van der Waals surface area contributed by atoms with Crippen molar-refractivity contribution >= 4 is 21.9 Å². The predicted molar refractivity (Wildman–Crippen MR) is 130 cm³/mol. The van der Waals surface area contributed by atoms with Crippen LogP contribution in [0.25, 0.3) is 33.2 Å².